The van der Waals surface area contributed by atoms with Gasteiger partial charge in [0.05, 0.1) is 28.3 Å². The molecule has 0 aliphatic heterocycles. The molecule has 0 saturated heterocycles. The van der Waals surface area contributed by atoms with Gasteiger partial charge in [0, 0.05) is 13.6 Å². The van der Waals surface area contributed by atoms with Crippen LogP contribution in [0.15, 0.2) is 47.4 Å². The molecule has 8 heteroatoms. The molecule has 0 aliphatic rings. The molecule has 0 fully saturated rings. The summed E-state index contributed by atoms with van der Waals surface area (Å²) in [5.74, 6) is 0.244. The fourth-order valence-corrected chi connectivity index (χ4v) is 4.03. The molecule has 152 valence electrons. The molecule has 0 saturated carbocycles. The van der Waals surface area contributed by atoms with Crippen molar-refractivity contribution < 1.29 is 17.9 Å². The highest BCUT2D eigenvalue weighted by Gasteiger charge is 2.23. The predicted molar refractivity (Wildman–Crippen MR) is 112 cm³/mol. The summed E-state index contributed by atoms with van der Waals surface area (Å²) in [5.41, 5.74) is 0.615. The van der Waals surface area contributed by atoms with Gasteiger partial charge in [-0.15, -0.1) is 0 Å². The smallest absolute Gasteiger partial charge is 0.264 e. The normalized spacial score (nSPS) is 11.1. The average Bonchev–Trinajstić information content (AvgIpc) is 2.70. The Morgan fingerprint density at radius 1 is 1.14 bits per heavy atom. The van der Waals surface area contributed by atoms with Crippen LogP contribution < -0.4 is 14.4 Å². The standard InChI is InChI=1S/C20H25ClN2O4S/c1-4-5-6-13-22-20(24)18-14-17(11-12-19(18)21)28(25,26)23(2)15-7-9-16(27-3)10-8-15/h7-12,14H,4-6,13H2,1-3H3,(H,22,24). The zero-order chi connectivity index (χ0) is 20.7. The number of anilines is 1. The predicted octanol–water partition coefficient (Wildman–Crippen LogP) is 4.09. The number of carbonyl (C=O) groups is 1. The van der Waals surface area contributed by atoms with E-state index in [1.54, 1.807) is 24.3 Å². The maximum Gasteiger partial charge on any atom is 0.264 e. The maximum absolute atomic E-state index is 13.0. The number of sulfonamides is 1. The molecular weight excluding hydrogens is 400 g/mol. The van der Waals surface area contributed by atoms with Crippen molar-refractivity contribution in [2.75, 3.05) is 25.0 Å². The topological polar surface area (TPSA) is 75.7 Å². The summed E-state index contributed by atoms with van der Waals surface area (Å²) < 4.78 is 32.2. The SMILES string of the molecule is CCCCCNC(=O)c1cc(S(=O)(=O)N(C)c2ccc(OC)cc2)ccc1Cl. The quantitative estimate of drug-likeness (QED) is 0.615. The maximum atomic E-state index is 13.0. The third kappa shape index (κ3) is 5.17. The summed E-state index contributed by atoms with van der Waals surface area (Å²) in [6, 6.07) is 10.8. The number of nitrogens with zero attached hydrogens (tertiary/aromatic N) is 1. The van der Waals surface area contributed by atoms with Crippen LogP contribution in [0.25, 0.3) is 0 Å². The van der Waals surface area contributed by atoms with Gasteiger partial charge in [0.25, 0.3) is 15.9 Å². The van der Waals surface area contributed by atoms with Crippen LogP contribution in [-0.4, -0.2) is 35.0 Å². The second-order valence-corrected chi connectivity index (χ2v) is 8.65. The van der Waals surface area contributed by atoms with Crippen molar-refractivity contribution >= 4 is 33.2 Å². The third-order valence-electron chi connectivity index (χ3n) is 4.34. The van der Waals surface area contributed by atoms with Gasteiger partial charge in [0.1, 0.15) is 5.75 Å². The zero-order valence-corrected chi connectivity index (χ0v) is 17.8. The van der Waals surface area contributed by atoms with Crippen molar-refractivity contribution in [3.8, 4) is 5.75 Å². The molecule has 28 heavy (non-hydrogen) atoms. The summed E-state index contributed by atoms with van der Waals surface area (Å²) in [6.45, 7) is 2.60. The number of methoxy groups -OCH3 is 1. The number of amides is 1. The van der Waals surface area contributed by atoms with Gasteiger partial charge < -0.3 is 10.1 Å². The minimum Gasteiger partial charge on any atom is -0.497 e. The van der Waals surface area contributed by atoms with E-state index in [0.717, 1.165) is 23.6 Å². The van der Waals surface area contributed by atoms with Gasteiger partial charge in [-0.25, -0.2) is 8.42 Å². The monoisotopic (exact) mass is 424 g/mol. The zero-order valence-electron chi connectivity index (χ0n) is 16.2. The molecule has 1 N–H and O–H groups in total. The van der Waals surface area contributed by atoms with Crippen LogP contribution >= 0.6 is 11.6 Å². The van der Waals surface area contributed by atoms with E-state index in [0.29, 0.717) is 18.0 Å². The molecule has 2 aromatic carbocycles. The molecule has 0 spiro atoms. The van der Waals surface area contributed by atoms with Crippen molar-refractivity contribution in [2.24, 2.45) is 0 Å². The number of ether oxygens (including phenoxy) is 1. The molecule has 0 bridgehead atoms. The van der Waals surface area contributed by atoms with Crippen LogP contribution in [0.5, 0.6) is 5.75 Å². The molecule has 0 aliphatic carbocycles. The first-order chi connectivity index (χ1) is 13.3. The van der Waals surface area contributed by atoms with E-state index in [2.05, 4.69) is 12.2 Å². The van der Waals surface area contributed by atoms with Crippen LogP contribution in [0.2, 0.25) is 5.02 Å². The first-order valence-electron chi connectivity index (χ1n) is 9.02. The summed E-state index contributed by atoms with van der Waals surface area (Å²) in [5, 5.41) is 2.99. The molecule has 6 nitrogen and oxygen atoms in total. The van der Waals surface area contributed by atoms with Gasteiger partial charge in [-0.2, -0.15) is 0 Å². The van der Waals surface area contributed by atoms with Crippen molar-refractivity contribution in [1.29, 1.82) is 0 Å². The number of benzene rings is 2. The van der Waals surface area contributed by atoms with Gasteiger partial charge in [-0.1, -0.05) is 31.4 Å². The van der Waals surface area contributed by atoms with Gasteiger partial charge in [-0.3, -0.25) is 9.10 Å². The summed E-state index contributed by atoms with van der Waals surface area (Å²) in [6.07, 6.45) is 2.91. The molecule has 0 radical (unpaired) electrons. The van der Waals surface area contributed by atoms with Crippen LogP contribution in [0.3, 0.4) is 0 Å². The average molecular weight is 425 g/mol. The van der Waals surface area contributed by atoms with Crippen LogP contribution in [-0.2, 0) is 10.0 Å². The van der Waals surface area contributed by atoms with E-state index in [1.165, 1.54) is 32.4 Å². The van der Waals surface area contributed by atoms with E-state index in [4.69, 9.17) is 16.3 Å². The highest BCUT2D eigenvalue weighted by Crippen LogP contribution is 2.27. The van der Waals surface area contributed by atoms with Crippen LogP contribution in [0.1, 0.15) is 36.5 Å². The van der Waals surface area contributed by atoms with Gasteiger partial charge >= 0.3 is 0 Å². The lowest BCUT2D eigenvalue weighted by Gasteiger charge is -2.20. The van der Waals surface area contributed by atoms with Gasteiger partial charge in [-0.05, 0) is 48.9 Å². The van der Waals surface area contributed by atoms with Crippen molar-refractivity contribution in [1.82, 2.24) is 5.32 Å². The molecule has 0 aromatic heterocycles. The molecule has 0 unspecified atom stereocenters. The highest BCUT2D eigenvalue weighted by molar-refractivity contribution is 7.92. The number of rotatable bonds is 9. The van der Waals surface area contributed by atoms with E-state index in [1.807, 2.05) is 0 Å². The molecule has 1 amide bonds. The summed E-state index contributed by atoms with van der Waals surface area (Å²) in [4.78, 5) is 12.4. The summed E-state index contributed by atoms with van der Waals surface area (Å²) >= 11 is 6.13. The third-order valence-corrected chi connectivity index (χ3v) is 6.45. The van der Waals surface area contributed by atoms with Gasteiger partial charge in [0.2, 0.25) is 0 Å². The number of hydrogen-bond acceptors (Lipinski definition) is 4. The van der Waals surface area contributed by atoms with Crippen LogP contribution in [0, 0.1) is 0 Å². The number of nitrogens with one attached hydrogen (secondary N) is 1. The Labute approximate surface area is 171 Å². The van der Waals surface area contributed by atoms with E-state index >= 15 is 0 Å². The van der Waals surface area contributed by atoms with Crippen molar-refractivity contribution in [3.05, 3.63) is 53.1 Å². The number of unbranched alkanes of at least 4 members (excludes halogenated alkanes) is 2. The minimum atomic E-state index is -3.86. The molecule has 2 aromatic rings. The highest BCUT2D eigenvalue weighted by atomic mass is 35.5. The fraction of sp³-hybridized carbons (Fsp3) is 0.350. The Balaban J connectivity index is 2.26. The number of halogens is 1. The summed E-state index contributed by atoms with van der Waals surface area (Å²) in [7, 11) is -0.865. The van der Waals surface area contributed by atoms with Crippen molar-refractivity contribution in [3.63, 3.8) is 0 Å². The Hall–Kier alpha value is -2.25. The van der Waals surface area contributed by atoms with Gasteiger partial charge in [0.15, 0.2) is 0 Å². The lowest BCUT2D eigenvalue weighted by Crippen LogP contribution is -2.28. The Bertz CT molecular complexity index is 914. The Morgan fingerprint density at radius 2 is 1.82 bits per heavy atom. The first-order valence-corrected chi connectivity index (χ1v) is 10.8. The largest absolute Gasteiger partial charge is 0.497 e. The van der Waals surface area contributed by atoms with E-state index in [9.17, 15) is 13.2 Å². The van der Waals surface area contributed by atoms with E-state index < -0.39 is 10.0 Å². The lowest BCUT2D eigenvalue weighted by atomic mass is 10.2. The molecular formula is C20H25ClN2O4S. The Morgan fingerprint density at radius 3 is 2.43 bits per heavy atom. The Kier molecular flexibility index (Phi) is 7.71. The second kappa shape index (κ2) is 9.80. The van der Waals surface area contributed by atoms with Crippen molar-refractivity contribution in [2.45, 2.75) is 31.1 Å². The second-order valence-electron chi connectivity index (χ2n) is 6.28. The molecule has 0 heterocycles. The first kappa shape index (κ1) is 22.0. The minimum absolute atomic E-state index is 0.00562. The number of hydrogen-bond donors (Lipinski definition) is 1. The van der Waals surface area contributed by atoms with E-state index in [-0.39, 0.29) is 21.4 Å². The van der Waals surface area contributed by atoms with Crippen LogP contribution in [0.4, 0.5) is 5.69 Å². The lowest BCUT2D eigenvalue weighted by molar-refractivity contribution is 0.0953. The fourth-order valence-electron chi connectivity index (χ4n) is 2.60. The molecule has 2 rings (SSSR count). The molecule has 0 atom stereocenters. The number of carbonyl (C=O) groups excluding carboxylic acids is 1.